The normalized spacial score (nSPS) is 22.0. The van der Waals surface area contributed by atoms with E-state index in [0.717, 1.165) is 51.2 Å². The summed E-state index contributed by atoms with van der Waals surface area (Å²) in [5.41, 5.74) is 0.619. The van der Waals surface area contributed by atoms with Crippen LogP contribution in [0.2, 0.25) is 5.02 Å². The summed E-state index contributed by atoms with van der Waals surface area (Å²) in [5.74, 6) is 1.65. The summed E-state index contributed by atoms with van der Waals surface area (Å²) in [6.45, 7) is 2.75. The van der Waals surface area contributed by atoms with Gasteiger partial charge in [0.05, 0.1) is 11.7 Å². The Morgan fingerprint density at radius 3 is 2.54 bits per heavy atom. The van der Waals surface area contributed by atoms with Gasteiger partial charge < -0.3 is 15.0 Å². The lowest BCUT2D eigenvalue weighted by molar-refractivity contribution is 0.0697. The highest BCUT2D eigenvalue weighted by atomic mass is 35.5. The first-order valence-electron chi connectivity index (χ1n) is 10.2. The third-order valence-electron chi connectivity index (χ3n) is 5.94. The van der Waals surface area contributed by atoms with E-state index >= 15 is 0 Å². The Balaban J connectivity index is 1.38. The van der Waals surface area contributed by atoms with Gasteiger partial charge in [-0.05, 0) is 82.0 Å². The zero-order chi connectivity index (χ0) is 17.9. The van der Waals surface area contributed by atoms with E-state index in [9.17, 15) is 4.79 Å². The van der Waals surface area contributed by atoms with Gasteiger partial charge in [-0.25, -0.2) is 0 Å². The summed E-state index contributed by atoms with van der Waals surface area (Å²) in [6.07, 6.45) is 9.62. The van der Waals surface area contributed by atoms with Crippen molar-refractivity contribution in [3.05, 3.63) is 28.8 Å². The number of hydrogen-bond acceptors (Lipinski definition) is 3. The molecule has 1 heterocycles. The van der Waals surface area contributed by atoms with Gasteiger partial charge in [0.25, 0.3) is 5.91 Å². The molecule has 0 unspecified atom stereocenters. The molecule has 1 aromatic rings. The number of carbonyl (C=O) groups excluding carboxylic acids is 1. The average Bonchev–Trinajstić information content (AvgIpc) is 3.36. The van der Waals surface area contributed by atoms with Crippen molar-refractivity contribution in [2.24, 2.45) is 5.92 Å². The van der Waals surface area contributed by atoms with Gasteiger partial charge >= 0.3 is 0 Å². The Hall–Kier alpha value is -1.26. The van der Waals surface area contributed by atoms with Crippen molar-refractivity contribution in [1.82, 2.24) is 10.2 Å². The van der Waals surface area contributed by atoms with Gasteiger partial charge in [-0.3, -0.25) is 4.79 Å². The van der Waals surface area contributed by atoms with Crippen LogP contribution in [-0.2, 0) is 0 Å². The molecule has 4 nitrogen and oxygen atoms in total. The van der Waals surface area contributed by atoms with Crippen LogP contribution in [0.15, 0.2) is 18.2 Å². The van der Waals surface area contributed by atoms with Gasteiger partial charge in [-0.2, -0.15) is 0 Å². The molecule has 4 rings (SSSR count). The maximum atomic E-state index is 13.1. The topological polar surface area (TPSA) is 41.6 Å². The van der Waals surface area contributed by atoms with Crippen LogP contribution in [0.5, 0.6) is 5.75 Å². The molecule has 3 fully saturated rings. The Kier molecular flexibility index (Phi) is 5.70. The van der Waals surface area contributed by atoms with Crippen LogP contribution < -0.4 is 10.1 Å². The van der Waals surface area contributed by atoms with Crippen LogP contribution in [0.1, 0.15) is 61.7 Å². The number of ether oxygens (including phenoxy) is 1. The molecular formula is C21H29ClN2O2. The van der Waals surface area contributed by atoms with E-state index in [4.69, 9.17) is 16.3 Å². The van der Waals surface area contributed by atoms with E-state index < -0.39 is 0 Å². The predicted molar refractivity (Wildman–Crippen MR) is 104 cm³/mol. The largest absolute Gasteiger partial charge is 0.490 e. The molecule has 0 bridgehead atoms. The highest BCUT2D eigenvalue weighted by molar-refractivity contribution is 6.31. The van der Waals surface area contributed by atoms with Crippen molar-refractivity contribution in [2.75, 3.05) is 19.6 Å². The monoisotopic (exact) mass is 376 g/mol. The fourth-order valence-corrected chi connectivity index (χ4v) is 4.24. The lowest BCUT2D eigenvalue weighted by atomic mass is 10.0. The van der Waals surface area contributed by atoms with Crippen LogP contribution in [0.3, 0.4) is 0 Å². The summed E-state index contributed by atoms with van der Waals surface area (Å²) >= 11 is 6.18. The second kappa shape index (κ2) is 8.18. The van der Waals surface area contributed by atoms with Crippen LogP contribution in [0, 0.1) is 5.92 Å². The van der Waals surface area contributed by atoms with Crippen molar-refractivity contribution in [3.63, 3.8) is 0 Å². The van der Waals surface area contributed by atoms with E-state index in [2.05, 4.69) is 5.32 Å². The molecule has 0 spiro atoms. The molecule has 1 aromatic carbocycles. The predicted octanol–water partition coefficient (Wildman–Crippen LogP) is 4.27. The van der Waals surface area contributed by atoms with Crippen molar-refractivity contribution in [2.45, 2.75) is 63.5 Å². The molecule has 1 aliphatic heterocycles. The number of carbonyl (C=O) groups is 1. The molecule has 26 heavy (non-hydrogen) atoms. The number of amides is 1. The summed E-state index contributed by atoms with van der Waals surface area (Å²) in [4.78, 5) is 15.1. The van der Waals surface area contributed by atoms with Crippen molar-refractivity contribution in [3.8, 4) is 5.75 Å². The molecule has 1 saturated heterocycles. The fourth-order valence-electron chi connectivity index (χ4n) is 4.07. The molecule has 1 amide bonds. The second-order valence-corrected chi connectivity index (χ2v) is 8.52. The zero-order valence-electron chi connectivity index (χ0n) is 15.4. The summed E-state index contributed by atoms with van der Waals surface area (Å²) in [5, 5.41) is 4.26. The van der Waals surface area contributed by atoms with E-state index in [-0.39, 0.29) is 12.0 Å². The number of likely N-dealkylation sites (tertiary alicyclic amines) is 1. The molecule has 1 N–H and O–H groups in total. The summed E-state index contributed by atoms with van der Waals surface area (Å²) in [6, 6.07) is 5.99. The molecular weight excluding hydrogens is 348 g/mol. The third kappa shape index (κ3) is 4.52. The first-order valence-corrected chi connectivity index (χ1v) is 10.6. The van der Waals surface area contributed by atoms with Crippen LogP contribution in [0.25, 0.3) is 0 Å². The Morgan fingerprint density at radius 1 is 1.12 bits per heavy atom. The van der Waals surface area contributed by atoms with E-state index in [1.165, 1.54) is 25.7 Å². The maximum absolute atomic E-state index is 13.1. The average molecular weight is 377 g/mol. The number of nitrogens with zero attached hydrogens (tertiary/aromatic N) is 1. The van der Waals surface area contributed by atoms with Gasteiger partial charge in [0.15, 0.2) is 0 Å². The highest BCUT2D eigenvalue weighted by Crippen LogP contribution is 2.31. The minimum atomic E-state index is 0.0566. The smallest absolute Gasteiger partial charge is 0.257 e. The van der Waals surface area contributed by atoms with Gasteiger partial charge in [0, 0.05) is 24.2 Å². The molecule has 2 aliphatic carbocycles. The Bertz CT molecular complexity index is 633. The lowest BCUT2D eigenvalue weighted by Gasteiger charge is -2.33. The van der Waals surface area contributed by atoms with Crippen LogP contribution in [-0.4, -0.2) is 42.6 Å². The third-order valence-corrected chi connectivity index (χ3v) is 6.18. The number of halogens is 1. The highest BCUT2D eigenvalue weighted by Gasteiger charge is 2.28. The molecule has 2 saturated carbocycles. The van der Waals surface area contributed by atoms with Crippen molar-refractivity contribution >= 4 is 17.5 Å². The summed E-state index contributed by atoms with van der Waals surface area (Å²) < 4.78 is 6.15. The van der Waals surface area contributed by atoms with Crippen molar-refractivity contribution < 1.29 is 9.53 Å². The molecule has 142 valence electrons. The SMILES string of the molecule is O=C(c1cc(Cl)ccc1OC1CCCC1)N1CCC(NCC2CC2)CC1. The van der Waals surface area contributed by atoms with Crippen LogP contribution >= 0.6 is 11.6 Å². The Labute approximate surface area is 161 Å². The molecule has 0 aromatic heterocycles. The molecule has 0 radical (unpaired) electrons. The Morgan fingerprint density at radius 2 is 1.85 bits per heavy atom. The zero-order valence-corrected chi connectivity index (χ0v) is 16.1. The number of rotatable bonds is 6. The van der Waals surface area contributed by atoms with Crippen molar-refractivity contribution in [1.29, 1.82) is 0 Å². The maximum Gasteiger partial charge on any atom is 0.257 e. The molecule has 5 heteroatoms. The second-order valence-electron chi connectivity index (χ2n) is 8.08. The minimum absolute atomic E-state index is 0.0566. The lowest BCUT2D eigenvalue weighted by Crippen LogP contribution is -2.45. The molecule has 3 aliphatic rings. The quantitative estimate of drug-likeness (QED) is 0.806. The fraction of sp³-hybridized carbons (Fsp3) is 0.667. The first kappa shape index (κ1) is 18.1. The number of nitrogens with one attached hydrogen (secondary N) is 1. The number of benzene rings is 1. The van der Waals surface area contributed by atoms with E-state index in [0.29, 0.717) is 22.4 Å². The number of hydrogen-bond donors (Lipinski definition) is 1. The van der Waals surface area contributed by atoms with E-state index in [1.807, 2.05) is 17.0 Å². The minimum Gasteiger partial charge on any atom is -0.490 e. The standard InChI is InChI=1S/C21H29ClN2O2/c22-16-7-8-20(26-18-3-1-2-4-18)19(13-16)21(25)24-11-9-17(10-12-24)23-14-15-5-6-15/h7-8,13,15,17-18,23H,1-6,9-12,14H2. The van der Waals surface area contributed by atoms with Gasteiger partial charge in [-0.15, -0.1) is 0 Å². The number of piperidine rings is 1. The van der Waals surface area contributed by atoms with Gasteiger partial charge in [0.2, 0.25) is 0 Å². The van der Waals surface area contributed by atoms with E-state index in [1.54, 1.807) is 6.07 Å². The summed E-state index contributed by atoms with van der Waals surface area (Å²) in [7, 11) is 0. The van der Waals surface area contributed by atoms with Gasteiger partial charge in [0.1, 0.15) is 5.75 Å². The first-order chi connectivity index (χ1) is 12.7. The van der Waals surface area contributed by atoms with Crippen LogP contribution in [0.4, 0.5) is 0 Å². The molecule has 0 atom stereocenters. The van der Waals surface area contributed by atoms with Gasteiger partial charge in [-0.1, -0.05) is 11.6 Å².